The highest BCUT2D eigenvalue weighted by molar-refractivity contribution is 6.38. The molecule has 2 N–H and O–H groups in total. The number of hydrogen-bond donors (Lipinski definition) is 1. The maximum atomic E-state index is 11.4. The molecule has 0 aliphatic heterocycles. The van der Waals surface area contributed by atoms with Crippen LogP contribution in [0.5, 0.6) is 5.75 Å². The molecule has 2 rings (SSSR count). The van der Waals surface area contributed by atoms with Gasteiger partial charge in [0.1, 0.15) is 25.2 Å². The predicted octanol–water partition coefficient (Wildman–Crippen LogP) is 3.30. The molecule has 0 heterocycles. The lowest BCUT2D eigenvalue weighted by atomic mass is 10.0. The number of nitrogens with two attached hydrogens (primary N) is 1. The zero-order chi connectivity index (χ0) is 18.2. The van der Waals surface area contributed by atoms with Crippen molar-refractivity contribution in [2.75, 3.05) is 7.11 Å². The van der Waals surface area contributed by atoms with E-state index in [9.17, 15) is 4.79 Å². The summed E-state index contributed by atoms with van der Waals surface area (Å²) in [5, 5.41) is 3.69. The van der Waals surface area contributed by atoms with E-state index in [0.29, 0.717) is 19.4 Å². The average Bonchev–Trinajstić information content (AvgIpc) is 2.60. The van der Waals surface area contributed by atoms with Crippen LogP contribution in [-0.2, 0) is 22.7 Å². The van der Waals surface area contributed by atoms with Crippen LogP contribution in [0.15, 0.2) is 47.6 Å². The van der Waals surface area contributed by atoms with Crippen molar-refractivity contribution in [3.05, 3.63) is 64.7 Å². The summed E-state index contributed by atoms with van der Waals surface area (Å²) in [6.07, 6.45) is 1.06. The van der Waals surface area contributed by atoms with Gasteiger partial charge in [-0.3, -0.25) is 4.79 Å². The number of amides is 1. The van der Waals surface area contributed by atoms with Crippen LogP contribution in [0, 0.1) is 13.8 Å². The molecule has 0 saturated heterocycles. The molecule has 5 nitrogen and oxygen atoms in total. The molecule has 2 aromatic carbocycles. The van der Waals surface area contributed by atoms with Gasteiger partial charge in [-0.05, 0) is 54.7 Å². The number of primary amides is 1. The van der Waals surface area contributed by atoms with Gasteiger partial charge >= 0.3 is 0 Å². The third kappa shape index (κ3) is 5.35. The number of carbonyl (C=O) groups is 1. The first kappa shape index (κ1) is 18.5. The van der Waals surface area contributed by atoms with Crippen molar-refractivity contribution < 1.29 is 14.4 Å². The van der Waals surface area contributed by atoms with Crippen LogP contribution >= 0.6 is 0 Å². The molecule has 0 fully saturated rings. The van der Waals surface area contributed by atoms with Gasteiger partial charge in [-0.2, -0.15) is 0 Å². The smallest absolute Gasteiger partial charge is 0.266 e. The quantitative estimate of drug-likeness (QED) is 0.592. The van der Waals surface area contributed by atoms with Gasteiger partial charge < -0.3 is 15.3 Å². The number of nitrogens with zero attached hydrogens (tertiary/aromatic N) is 1. The average molecular weight is 340 g/mol. The Kier molecular flexibility index (Phi) is 6.57. The highest BCUT2D eigenvalue weighted by Crippen LogP contribution is 2.19. The zero-order valence-corrected chi connectivity index (χ0v) is 14.9. The van der Waals surface area contributed by atoms with Crippen LogP contribution in [0.2, 0.25) is 0 Å². The lowest BCUT2D eigenvalue weighted by Gasteiger charge is -2.12. The number of rotatable bonds is 8. The van der Waals surface area contributed by atoms with Crippen LogP contribution in [-0.4, -0.2) is 18.7 Å². The standard InChI is InChI=1S/C20H24N2O3/c1-14-8-10-18(12-15(14)2)25-13-17-7-5-4-6-16(17)9-11-19(20(21)23)22-24-3/h4-8,10,12H,9,11,13H2,1-3H3,(H2,21,23). The number of oxime groups is 1. The van der Waals surface area contributed by atoms with Crippen molar-refractivity contribution in [2.24, 2.45) is 10.9 Å². The molecular weight excluding hydrogens is 316 g/mol. The fourth-order valence-corrected chi connectivity index (χ4v) is 2.48. The first-order valence-electron chi connectivity index (χ1n) is 8.18. The Bertz CT molecular complexity index is 769. The molecule has 0 aromatic heterocycles. The molecule has 0 aliphatic carbocycles. The van der Waals surface area contributed by atoms with Gasteiger partial charge in [-0.25, -0.2) is 0 Å². The van der Waals surface area contributed by atoms with E-state index < -0.39 is 5.91 Å². The second-order valence-electron chi connectivity index (χ2n) is 5.89. The van der Waals surface area contributed by atoms with Gasteiger partial charge in [-0.15, -0.1) is 0 Å². The summed E-state index contributed by atoms with van der Waals surface area (Å²) in [6, 6.07) is 14.0. The van der Waals surface area contributed by atoms with Crippen molar-refractivity contribution in [3.8, 4) is 5.75 Å². The van der Waals surface area contributed by atoms with Gasteiger partial charge in [0.25, 0.3) is 5.91 Å². The minimum Gasteiger partial charge on any atom is -0.489 e. The van der Waals surface area contributed by atoms with E-state index in [2.05, 4.69) is 29.9 Å². The molecule has 0 spiro atoms. The van der Waals surface area contributed by atoms with Gasteiger partial charge in [0.2, 0.25) is 0 Å². The van der Waals surface area contributed by atoms with E-state index in [1.807, 2.05) is 36.4 Å². The van der Waals surface area contributed by atoms with Crippen molar-refractivity contribution in [1.29, 1.82) is 0 Å². The minimum atomic E-state index is -0.564. The highest BCUT2D eigenvalue weighted by atomic mass is 16.6. The summed E-state index contributed by atoms with van der Waals surface area (Å²) in [6.45, 7) is 4.61. The number of benzene rings is 2. The number of hydrogen-bond acceptors (Lipinski definition) is 4. The van der Waals surface area contributed by atoms with Crippen molar-refractivity contribution in [2.45, 2.75) is 33.3 Å². The Morgan fingerprint density at radius 3 is 2.44 bits per heavy atom. The molecule has 0 saturated carbocycles. The summed E-state index contributed by atoms with van der Waals surface area (Å²) in [5.74, 6) is 0.280. The molecule has 0 unspecified atom stereocenters. The zero-order valence-electron chi connectivity index (χ0n) is 14.9. The van der Waals surface area contributed by atoms with Crippen LogP contribution in [0.1, 0.15) is 28.7 Å². The van der Waals surface area contributed by atoms with E-state index in [-0.39, 0.29) is 5.71 Å². The lowest BCUT2D eigenvalue weighted by Crippen LogP contribution is -2.24. The maximum absolute atomic E-state index is 11.4. The van der Waals surface area contributed by atoms with Crippen LogP contribution in [0.25, 0.3) is 0 Å². The van der Waals surface area contributed by atoms with Gasteiger partial charge in [-0.1, -0.05) is 35.5 Å². The summed E-state index contributed by atoms with van der Waals surface area (Å²) in [7, 11) is 1.40. The van der Waals surface area contributed by atoms with Crippen LogP contribution in [0.4, 0.5) is 0 Å². The number of ether oxygens (including phenoxy) is 1. The van der Waals surface area contributed by atoms with Gasteiger partial charge in [0.15, 0.2) is 0 Å². The number of aryl methyl sites for hydroxylation is 3. The third-order valence-electron chi connectivity index (χ3n) is 4.11. The fraction of sp³-hybridized carbons (Fsp3) is 0.300. The Morgan fingerprint density at radius 2 is 1.80 bits per heavy atom. The molecule has 0 atom stereocenters. The van der Waals surface area contributed by atoms with Crippen molar-refractivity contribution >= 4 is 11.6 Å². The molecule has 5 heteroatoms. The summed E-state index contributed by atoms with van der Waals surface area (Å²) < 4.78 is 5.92. The first-order chi connectivity index (χ1) is 12.0. The normalized spacial score (nSPS) is 11.2. The molecular formula is C20H24N2O3. The SMILES string of the molecule is CON=C(CCc1ccccc1COc1ccc(C)c(C)c1)C(N)=O. The molecule has 1 amide bonds. The Labute approximate surface area is 148 Å². The summed E-state index contributed by atoms with van der Waals surface area (Å²) in [4.78, 5) is 16.0. The predicted molar refractivity (Wildman–Crippen MR) is 98.6 cm³/mol. The number of carbonyl (C=O) groups excluding carboxylic acids is 1. The van der Waals surface area contributed by atoms with Crippen LogP contribution in [0.3, 0.4) is 0 Å². The second kappa shape index (κ2) is 8.87. The largest absolute Gasteiger partial charge is 0.489 e. The van der Waals surface area contributed by atoms with Crippen molar-refractivity contribution in [3.63, 3.8) is 0 Å². The Morgan fingerprint density at radius 1 is 1.08 bits per heavy atom. The van der Waals surface area contributed by atoms with Crippen molar-refractivity contribution in [1.82, 2.24) is 0 Å². The summed E-state index contributed by atoms with van der Waals surface area (Å²) in [5.41, 5.74) is 10.1. The molecule has 132 valence electrons. The molecule has 0 radical (unpaired) electrons. The van der Waals surface area contributed by atoms with E-state index in [0.717, 1.165) is 16.9 Å². The maximum Gasteiger partial charge on any atom is 0.266 e. The Hall–Kier alpha value is -2.82. The first-order valence-corrected chi connectivity index (χ1v) is 8.18. The fourth-order valence-electron chi connectivity index (χ4n) is 2.48. The molecule has 0 bridgehead atoms. The molecule has 2 aromatic rings. The third-order valence-corrected chi connectivity index (χ3v) is 4.11. The second-order valence-corrected chi connectivity index (χ2v) is 5.89. The van der Waals surface area contributed by atoms with Gasteiger partial charge in [0.05, 0.1) is 0 Å². The molecule has 0 aliphatic rings. The van der Waals surface area contributed by atoms with E-state index in [1.54, 1.807) is 0 Å². The van der Waals surface area contributed by atoms with Gasteiger partial charge in [0, 0.05) is 6.42 Å². The molecule has 25 heavy (non-hydrogen) atoms. The summed E-state index contributed by atoms with van der Waals surface area (Å²) >= 11 is 0. The monoisotopic (exact) mass is 340 g/mol. The Balaban J connectivity index is 2.05. The minimum absolute atomic E-state index is 0.229. The highest BCUT2D eigenvalue weighted by Gasteiger charge is 2.10. The lowest BCUT2D eigenvalue weighted by molar-refractivity contribution is -0.112. The topological polar surface area (TPSA) is 73.9 Å². The van der Waals surface area contributed by atoms with E-state index in [4.69, 9.17) is 10.5 Å². The van der Waals surface area contributed by atoms with Crippen LogP contribution < -0.4 is 10.5 Å². The van der Waals surface area contributed by atoms with E-state index >= 15 is 0 Å². The van der Waals surface area contributed by atoms with E-state index in [1.165, 1.54) is 18.2 Å².